The van der Waals surface area contributed by atoms with Gasteiger partial charge in [-0.3, -0.25) is 4.79 Å². The van der Waals surface area contributed by atoms with Crippen molar-refractivity contribution in [3.05, 3.63) is 0 Å². The number of unbranched alkanes of at least 4 members (excludes halogenated alkanes) is 12. The number of rotatable bonds is 16. The number of carbonyl (C=O) groups is 3. The number of carboxylic acid groups (broad SMARTS) is 1. The minimum Gasteiger partial charge on any atom is -0.476 e. The Morgan fingerprint density at radius 2 is 1.05 bits per heavy atom. The summed E-state index contributed by atoms with van der Waals surface area (Å²) in [5.74, 6) is -1.97. The van der Waals surface area contributed by atoms with E-state index in [1.165, 1.54) is 51.4 Å². The predicted molar refractivity (Wildman–Crippen MR) is 83.3 cm³/mol. The smallest absolute Gasteiger partial charge is 0.372 e. The van der Waals surface area contributed by atoms with Gasteiger partial charge in [0.05, 0.1) is 0 Å². The van der Waals surface area contributed by atoms with Crippen LogP contribution in [-0.2, 0) is 14.4 Å². The van der Waals surface area contributed by atoms with Crippen molar-refractivity contribution in [3.8, 4) is 0 Å². The summed E-state index contributed by atoms with van der Waals surface area (Å²) in [6, 6.07) is 0. The van der Waals surface area contributed by atoms with Gasteiger partial charge in [-0.2, -0.15) is 0 Å². The summed E-state index contributed by atoms with van der Waals surface area (Å²) in [6.45, 7) is 0. The van der Waals surface area contributed by atoms with E-state index in [0.29, 0.717) is 12.8 Å². The van der Waals surface area contributed by atoms with Gasteiger partial charge in [0.2, 0.25) is 5.78 Å². The topological polar surface area (TPSA) is 71.4 Å². The number of ketones is 1. The van der Waals surface area contributed by atoms with Crippen molar-refractivity contribution in [1.82, 2.24) is 0 Å². The molecule has 0 amide bonds. The quantitative estimate of drug-likeness (QED) is 0.262. The Hall–Kier alpha value is -1.19. The van der Waals surface area contributed by atoms with E-state index in [2.05, 4.69) is 0 Å². The molecule has 0 aromatic rings. The van der Waals surface area contributed by atoms with Gasteiger partial charge >= 0.3 is 5.97 Å². The molecular weight excluding hydrogens is 268 g/mol. The van der Waals surface area contributed by atoms with Crippen LogP contribution in [-0.4, -0.2) is 23.1 Å². The molecule has 0 aliphatic heterocycles. The Morgan fingerprint density at radius 1 is 0.667 bits per heavy atom. The van der Waals surface area contributed by atoms with Crippen molar-refractivity contribution in [1.29, 1.82) is 0 Å². The fourth-order valence-electron chi connectivity index (χ4n) is 2.39. The second kappa shape index (κ2) is 15.2. The van der Waals surface area contributed by atoms with Crippen LogP contribution in [0.4, 0.5) is 0 Å². The van der Waals surface area contributed by atoms with Crippen LogP contribution >= 0.6 is 0 Å². The Kier molecular flexibility index (Phi) is 14.3. The first-order valence-electron chi connectivity index (χ1n) is 8.38. The van der Waals surface area contributed by atoms with Crippen molar-refractivity contribution >= 4 is 18.0 Å². The number of aldehydes is 1. The van der Waals surface area contributed by atoms with Crippen LogP contribution in [0.15, 0.2) is 0 Å². The van der Waals surface area contributed by atoms with Crippen LogP contribution in [0.5, 0.6) is 0 Å². The monoisotopic (exact) mass is 298 g/mol. The summed E-state index contributed by atoms with van der Waals surface area (Å²) in [6.07, 6.45) is 15.6. The van der Waals surface area contributed by atoms with Gasteiger partial charge in [0.1, 0.15) is 6.29 Å². The molecule has 0 atom stereocenters. The van der Waals surface area contributed by atoms with Crippen LogP contribution in [0.1, 0.15) is 89.9 Å². The van der Waals surface area contributed by atoms with Crippen molar-refractivity contribution < 1.29 is 19.5 Å². The average molecular weight is 298 g/mol. The SMILES string of the molecule is O=CCCCCCCCCCCCCCCC(=O)C(=O)O. The maximum atomic E-state index is 10.8. The number of hydrogen-bond donors (Lipinski definition) is 1. The molecule has 0 unspecified atom stereocenters. The molecule has 4 nitrogen and oxygen atoms in total. The van der Waals surface area contributed by atoms with Gasteiger partial charge in [0.25, 0.3) is 0 Å². The van der Waals surface area contributed by atoms with Crippen LogP contribution in [0.3, 0.4) is 0 Å². The second-order valence-electron chi connectivity index (χ2n) is 5.68. The molecule has 122 valence electrons. The number of Topliss-reactive ketones (excluding diaryl/α,β-unsaturated/α-hetero) is 1. The van der Waals surface area contributed by atoms with E-state index >= 15 is 0 Å². The first kappa shape index (κ1) is 19.8. The number of aliphatic carboxylic acids is 1. The van der Waals surface area contributed by atoms with E-state index in [4.69, 9.17) is 5.11 Å². The van der Waals surface area contributed by atoms with Gasteiger partial charge in [-0.15, -0.1) is 0 Å². The molecule has 21 heavy (non-hydrogen) atoms. The molecule has 0 radical (unpaired) electrons. The highest BCUT2D eigenvalue weighted by atomic mass is 16.4. The second-order valence-corrected chi connectivity index (χ2v) is 5.68. The van der Waals surface area contributed by atoms with E-state index in [-0.39, 0.29) is 6.42 Å². The first-order chi connectivity index (χ1) is 10.2. The van der Waals surface area contributed by atoms with Gasteiger partial charge in [0, 0.05) is 12.8 Å². The van der Waals surface area contributed by atoms with Gasteiger partial charge < -0.3 is 9.90 Å². The van der Waals surface area contributed by atoms with Gasteiger partial charge in [0.15, 0.2) is 0 Å². The summed E-state index contributed by atoms with van der Waals surface area (Å²) in [5.41, 5.74) is 0. The molecule has 0 aromatic carbocycles. The molecule has 1 N–H and O–H groups in total. The lowest BCUT2D eigenvalue weighted by Gasteiger charge is -2.02. The Morgan fingerprint density at radius 3 is 1.43 bits per heavy atom. The number of hydrogen-bond acceptors (Lipinski definition) is 3. The first-order valence-corrected chi connectivity index (χ1v) is 8.38. The molecule has 0 saturated heterocycles. The molecule has 0 spiro atoms. The molecule has 0 saturated carbocycles. The molecule has 0 aliphatic carbocycles. The van der Waals surface area contributed by atoms with Crippen LogP contribution < -0.4 is 0 Å². The highest BCUT2D eigenvalue weighted by Gasteiger charge is 2.09. The van der Waals surface area contributed by atoms with Crippen molar-refractivity contribution in [2.45, 2.75) is 89.9 Å². The molecule has 0 aromatic heterocycles. The maximum absolute atomic E-state index is 10.8. The van der Waals surface area contributed by atoms with Crippen LogP contribution in [0.25, 0.3) is 0 Å². The summed E-state index contributed by atoms with van der Waals surface area (Å²) < 4.78 is 0. The highest BCUT2D eigenvalue weighted by Crippen LogP contribution is 2.12. The van der Waals surface area contributed by atoms with Crippen molar-refractivity contribution in [2.75, 3.05) is 0 Å². The van der Waals surface area contributed by atoms with Gasteiger partial charge in [-0.05, 0) is 12.8 Å². The minimum atomic E-state index is -1.30. The lowest BCUT2D eigenvalue weighted by atomic mass is 10.0. The zero-order valence-corrected chi connectivity index (χ0v) is 13.1. The zero-order chi connectivity index (χ0) is 15.8. The predicted octanol–water partition coefficient (Wildman–Crippen LogP) is 4.30. The van der Waals surface area contributed by atoms with E-state index in [0.717, 1.165) is 25.5 Å². The molecule has 0 aliphatic rings. The summed E-state index contributed by atoms with van der Waals surface area (Å²) >= 11 is 0. The Labute approximate surface area is 128 Å². The third-order valence-electron chi connectivity index (χ3n) is 3.71. The number of carboxylic acids is 1. The summed E-state index contributed by atoms with van der Waals surface area (Å²) in [7, 11) is 0. The van der Waals surface area contributed by atoms with Crippen molar-refractivity contribution in [2.24, 2.45) is 0 Å². The summed E-state index contributed by atoms with van der Waals surface area (Å²) in [4.78, 5) is 31.3. The largest absolute Gasteiger partial charge is 0.476 e. The van der Waals surface area contributed by atoms with E-state index in [9.17, 15) is 14.4 Å². The van der Waals surface area contributed by atoms with E-state index in [1.807, 2.05) is 0 Å². The molecule has 0 bridgehead atoms. The van der Waals surface area contributed by atoms with Crippen LogP contribution in [0, 0.1) is 0 Å². The van der Waals surface area contributed by atoms with E-state index in [1.54, 1.807) is 0 Å². The third kappa shape index (κ3) is 15.0. The number of carbonyl (C=O) groups excluding carboxylic acids is 2. The van der Waals surface area contributed by atoms with Crippen LogP contribution in [0.2, 0.25) is 0 Å². The third-order valence-corrected chi connectivity index (χ3v) is 3.71. The molecule has 0 heterocycles. The van der Waals surface area contributed by atoms with E-state index < -0.39 is 11.8 Å². The van der Waals surface area contributed by atoms with Gasteiger partial charge in [-0.1, -0.05) is 64.2 Å². The molecule has 0 fully saturated rings. The fraction of sp³-hybridized carbons (Fsp3) is 0.824. The Balaban J connectivity index is 3.07. The highest BCUT2D eigenvalue weighted by molar-refractivity contribution is 6.32. The fourth-order valence-corrected chi connectivity index (χ4v) is 2.39. The lowest BCUT2D eigenvalue weighted by Crippen LogP contribution is -2.11. The Bertz CT molecular complexity index is 287. The normalized spacial score (nSPS) is 10.5. The zero-order valence-electron chi connectivity index (χ0n) is 13.1. The van der Waals surface area contributed by atoms with Crippen molar-refractivity contribution in [3.63, 3.8) is 0 Å². The average Bonchev–Trinajstić information content (AvgIpc) is 2.47. The minimum absolute atomic E-state index is 0.180. The molecule has 4 heteroatoms. The standard InChI is InChI=1S/C17H30O4/c18-15-13-11-9-7-5-3-1-2-4-6-8-10-12-14-16(19)17(20)21/h15H,1-14H2,(H,20,21). The lowest BCUT2D eigenvalue weighted by molar-refractivity contribution is -0.149. The molecular formula is C17H30O4. The van der Waals surface area contributed by atoms with Gasteiger partial charge in [-0.25, -0.2) is 4.79 Å². The maximum Gasteiger partial charge on any atom is 0.372 e. The summed E-state index contributed by atoms with van der Waals surface area (Å²) in [5, 5.41) is 8.42. The molecule has 0 rings (SSSR count).